The summed E-state index contributed by atoms with van der Waals surface area (Å²) in [6.45, 7) is 2.51. The van der Waals surface area contributed by atoms with Crippen LogP contribution in [0.2, 0.25) is 0 Å². The Hall–Kier alpha value is -3.83. The highest BCUT2D eigenvalue weighted by atomic mass is 32.2. The molecule has 5 rings (SSSR count). The van der Waals surface area contributed by atoms with Crippen molar-refractivity contribution in [2.24, 2.45) is 0 Å². The standard InChI is InChI=1S/C29H31N5O4S2/c1-3-38-28(36)26-22-11-7-8-12-23(22)40-27(26)31-25(35)18-39-29-33-32-24(34(29)20-9-5-4-6-10-20)17-30-19-13-15-21(37-2)16-14-19/h4-6,9-10,13-16,30H,3,7-8,11-12,17-18H2,1-2H3,(H,31,35). The number of thioether (sulfide) groups is 1. The number of carbonyl (C=O) groups is 2. The van der Waals surface area contributed by atoms with Crippen molar-refractivity contribution in [1.29, 1.82) is 0 Å². The molecular formula is C29H31N5O4S2. The second-order valence-corrected chi connectivity index (χ2v) is 11.2. The van der Waals surface area contributed by atoms with Crippen LogP contribution in [0.15, 0.2) is 59.8 Å². The number of anilines is 2. The fourth-order valence-corrected chi connectivity index (χ4v) is 6.67. The summed E-state index contributed by atoms with van der Waals surface area (Å²) in [7, 11) is 1.64. The van der Waals surface area contributed by atoms with Crippen LogP contribution in [0.3, 0.4) is 0 Å². The van der Waals surface area contributed by atoms with Crippen LogP contribution in [0.4, 0.5) is 10.7 Å². The first-order valence-corrected chi connectivity index (χ1v) is 15.0. The van der Waals surface area contributed by atoms with Crippen molar-refractivity contribution in [3.63, 3.8) is 0 Å². The number of hydrogen-bond acceptors (Lipinski definition) is 9. The number of aromatic nitrogens is 3. The molecular weight excluding hydrogens is 546 g/mol. The normalized spacial score (nSPS) is 12.4. The molecule has 0 unspecified atom stereocenters. The van der Waals surface area contributed by atoms with Gasteiger partial charge < -0.3 is 20.1 Å². The molecule has 2 N–H and O–H groups in total. The molecule has 2 aromatic heterocycles. The lowest BCUT2D eigenvalue weighted by molar-refractivity contribution is -0.113. The zero-order valence-corrected chi connectivity index (χ0v) is 24.1. The van der Waals surface area contributed by atoms with Crippen molar-refractivity contribution >= 4 is 45.7 Å². The Balaban J connectivity index is 1.31. The Morgan fingerprint density at radius 1 is 1.05 bits per heavy atom. The van der Waals surface area contributed by atoms with Gasteiger partial charge in [0.15, 0.2) is 11.0 Å². The number of methoxy groups -OCH3 is 1. The molecule has 0 atom stereocenters. The third-order valence-corrected chi connectivity index (χ3v) is 8.63. The first-order valence-electron chi connectivity index (χ1n) is 13.2. The zero-order valence-electron chi connectivity index (χ0n) is 22.4. The molecule has 0 saturated heterocycles. The van der Waals surface area contributed by atoms with Gasteiger partial charge in [-0.25, -0.2) is 4.79 Å². The Morgan fingerprint density at radius 2 is 1.82 bits per heavy atom. The van der Waals surface area contributed by atoms with Gasteiger partial charge in [0.2, 0.25) is 5.91 Å². The van der Waals surface area contributed by atoms with E-state index in [0.29, 0.717) is 28.1 Å². The highest BCUT2D eigenvalue weighted by molar-refractivity contribution is 7.99. The average Bonchev–Trinajstić information content (AvgIpc) is 3.56. The molecule has 1 aliphatic rings. The largest absolute Gasteiger partial charge is 0.497 e. The second kappa shape index (κ2) is 13.0. The second-order valence-electron chi connectivity index (χ2n) is 9.12. The third kappa shape index (κ3) is 6.31. The SMILES string of the molecule is CCOC(=O)c1c(NC(=O)CSc2nnc(CNc3ccc(OC)cc3)n2-c2ccccc2)sc2c1CCCC2. The number of amides is 1. The molecule has 0 spiro atoms. The maximum Gasteiger partial charge on any atom is 0.341 e. The number of fused-ring (bicyclic) bond motifs is 1. The summed E-state index contributed by atoms with van der Waals surface area (Å²) in [6.07, 6.45) is 3.87. The third-order valence-electron chi connectivity index (χ3n) is 6.49. The van der Waals surface area contributed by atoms with Gasteiger partial charge in [-0.15, -0.1) is 21.5 Å². The van der Waals surface area contributed by atoms with Crippen molar-refractivity contribution in [1.82, 2.24) is 14.8 Å². The van der Waals surface area contributed by atoms with Gasteiger partial charge in [-0.2, -0.15) is 0 Å². The van der Waals surface area contributed by atoms with Gasteiger partial charge in [0.25, 0.3) is 0 Å². The van der Waals surface area contributed by atoms with Crippen LogP contribution in [0, 0.1) is 0 Å². The first kappa shape index (κ1) is 27.7. The van der Waals surface area contributed by atoms with Gasteiger partial charge in [0, 0.05) is 16.3 Å². The molecule has 9 nitrogen and oxygen atoms in total. The molecule has 208 valence electrons. The smallest absolute Gasteiger partial charge is 0.341 e. The first-order chi connectivity index (χ1) is 19.6. The molecule has 2 aromatic carbocycles. The van der Waals surface area contributed by atoms with Crippen LogP contribution in [-0.4, -0.2) is 46.1 Å². The van der Waals surface area contributed by atoms with E-state index in [1.54, 1.807) is 14.0 Å². The van der Waals surface area contributed by atoms with Gasteiger partial charge in [-0.05, 0) is 74.6 Å². The lowest BCUT2D eigenvalue weighted by Gasteiger charge is -2.12. The average molecular weight is 578 g/mol. The summed E-state index contributed by atoms with van der Waals surface area (Å²) in [4.78, 5) is 27.0. The Bertz CT molecular complexity index is 1470. The molecule has 11 heteroatoms. The van der Waals surface area contributed by atoms with Crippen LogP contribution >= 0.6 is 23.1 Å². The minimum atomic E-state index is -0.373. The van der Waals surface area contributed by atoms with Gasteiger partial charge in [0.05, 0.1) is 31.6 Å². The fraction of sp³-hybridized carbons (Fsp3) is 0.310. The maximum atomic E-state index is 13.1. The molecule has 1 amide bonds. The number of thiophene rings is 1. The fourth-order valence-electron chi connectivity index (χ4n) is 4.60. The van der Waals surface area contributed by atoms with Crippen LogP contribution in [0.5, 0.6) is 5.75 Å². The molecule has 0 bridgehead atoms. The number of rotatable bonds is 11. The highest BCUT2D eigenvalue weighted by Crippen LogP contribution is 2.38. The summed E-state index contributed by atoms with van der Waals surface area (Å²) in [5.41, 5.74) is 3.36. The number of nitrogens with zero attached hydrogens (tertiary/aromatic N) is 3. The van der Waals surface area contributed by atoms with Crippen molar-refractivity contribution in [3.8, 4) is 11.4 Å². The number of carbonyl (C=O) groups excluding carboxylic acids is 2. The summed E-state index contributed by atoms with van der Waals surface area (Å²) in [6, 6.07) is 17.5. The quantitative estimate of drug-likeness (QED) is 0.172. The van der Waals surface area contributed by atoms with Crippen LogP contribution < -0.4 is 15.4 Å². The number of ether oxygens (including phenoxy) is 2. The number of hydrogen-bond donors (Lipinski definition) is 2. The van der Waals surface area contributed by atoms with E-state index in [2.05, 4.69) is 20.8 Å². The minimum Gasteiger partial charge on any atom is -0.497 e. The molecule has 40 heavy (non-hydrogen) atoms. The number of nitrogens with one attached hydrogen (secondary N) is 2. The number of para-hydroxylation sites is 1. The lowest BCUT2D eigenvalue weighted by Crippen LogP contribution is -2.17. The van der Waals surface area contributed by atoms with Crippen molar-refractivity contribution in [2.75, 3.05) is 30.1 Å². The lowest BCUT2D eigenvalue weighted by atomic mass is 9.95. The summed E-state index contributed by atoms with van der Waals surface area (Å²) < 4.78 is 12.5. The van der Waals surface area contributed by atoms with Gasteiger partial charge in [-0.3, -0.25) is 9.36 Å². The molecule has 2 heterocycles. The van der Waals surface area contributed by atoms with Crippen molar-refractivity contribution in [3.05, 3.63) is 76.4 Å². The van der Waals surface area contributed by atoms with Crippen molar-refractivity contribution in [2.45, 2.75) is 44.3 Å². The molecule has 1 aliphatic carbocycles. The van der Waals surface area contributed by atoms with Crippen LogP contribution in [0.1, 0.15) is 46.4 Å². The molecule has 4 aromatic rings. The maximum absolute atomic E-state index is 13.1. The molecule has 0 aliphatic heterocycles. The van der Waals surface area contributed by atoms with E-state index in [0.717, 1.165) is 53.2 Å². The predicted molar refractivity (Wildman–Crippen MR) is 158 cm³/mol. The summed E-state index contributed by atoms with van der Waals surface area (Å²) >= 11 is 2.78. The van der Waals surface area contributed by atoms with E-state index >= 15 is 0 Å². The molecule has 0 radical (unpaired) electrons. The summed E-state index contributed by atoms with van der Waals surface area (Å²) in [5, 5.41) is 16.3. The van der Waals surface area contributed by atoms with Gasteiger partial charge >= 0.3 is 5.97 Å². The summed E-state index contributed by atoms with van der Waals surface area (Å²) in [5.74, 6) is 1.02. The van der Waals surface area contributed by atoms with Crippen LogP contribution in [-0.2, 0) is 28.9 Å². The van der Waals surface area contributed by atoms with E-state index < -0.39 is 0 Å². The van der Waals surface area contributed by atoms with E-state index in [4.69, 9.17) is 9.47 Å². The zero-order chi connectivity index (χ0) is 27.9. The van der Waals surface area contributed by atoms with E-state index in [-0.39, 0.29) is 24.2 Å². The number of benzene rings is 2. The van der Waals surface area contributed by atoms with E-state index in [9.17, 15) is 9.59 Å². The Morgan fingerprint density at radius 3 is 2.58 bits per heavy atom. The van der Waals surface area contributed by atoms with Gasteiger partial charge in [-0.1, -0.05) is 30.0 Å². The van der Waals surface area contributed by atoms with Gasteiger partial charge in [0.1, 0.15) is 10.8 Å². The monoisotopic (exact) mass is 577 g/mol. The number of aryl methyl sites for hydroxylation is 1. The minimum absolute atomic E-state index is 0.113. The highest BCUT2D eigenvalue weighted by Gasteiger charge is 2.27. The molecule has 0 fully saturated rings. The predicted octanol–water partition coefficient (Wildman–Crippen LogP) is 5.74. The van der Waals surface area contributed by atoms with Crippen molar-refractivity contribution < 1.29 is 19.1 Å². The molecule has 0 saturated carbocycles. The Labute approximate surface area is 241 Å². The van der Waals surface area contributed by atoms with E-state index in [1.165, 1.54) is 23.1 Å². The van der Waals surface area contributed by atoms with Crippen LogP contribution in [0.25, 0.3) is 5.69 Å². The Kier molecular flexibility index (Phi) is 9.02. The number of esters is 1. The van der Waals surface area contributed by atoms with E-state index in [1.807, 2.05) is 59.2 Å². The topological polar surface area (TPSA) is 107 Å².